The topological polar surface area (TPSA) is 74.2 Å². The maximum atomic E-state index is 10.3. The summed E-state index contributed by atoms with van der Waals surface area (Å²) in [5, 5.41) is 10.3. The predicted molar refractivity (Wildman–Crippen MR) is 84.6 cm³/mol. The minimum Gasteiger partial charge on any atom is -0.494 e. The van der Waals surface area contributed by atoms with Crippen LogP contribution in [0.4, 0.5) is 0 Å². The normalized spacial score (nSPS) is 13.1. The number of nitrogens with one attached hydrogen (secondary N) is 1. The summed E-state index contributed by atoms with van der Waals surface area (Å²) in [7, 11) is 0. The van der Waals surface area contributed by atoms with E-state index < -0.39 is 0 Å². The van der Waals surface area contributed by atoms with Crippen molar-refractivity contribution in [2.45, 2.75) is 0 Å². The van der Waals surface area contributed by atoms with Crippen molar-refractivity contribution < 1.29 is 5.11 Å². The molecular formula is C17H12N4O. The van der Waals surface area contributed by atoms with Crippen LogP contribution in [0.1, 0.15) is 16.8 Å². The maximum absolute atomic E-state index is 10.3. The summed E-state index contributed by atoms with van der Waals surface area (Å²) in [6.07, 6.45) is 3.40. The Hall–Kier alpha value is -3.21. The van der Waals surface area contributed by atoms with Gasteiger partial charge in [0.2, 0.25) is 0 Å². The Labute approximate surface area is 126 Å². The van der Waals surface area contributed by atoms with Crippen LogP contribution in [-0.4, -0.2) is 25.8 Å². The third kappa shape index (κ3) is 1.76. The second-order valence-electron chi connectivity index (χ2n) is 4.94. The Kier molecular flexibility index (Phi) is 2.66. The Balaban J connectivity index is 1.92. The molecule has 0 unspecified atom stereocenters. The van der Waals surface area contributed by atoms with Gasteiger partial charge in [-0.2, -0.15) is 0 Å². The molecule has 1 aliphatic heterocycles. The van der Waals surface area contributed by atoms with Crippen molar-refractivity contribution >= 4 is 11.4 Å². The van der Waals surface area contributed by atoms with Gasteiger partial charge in [-0.05, 0) is 24.3 Å². The fourth-order valence-electron chi connectivity index (χ4n) is 2.64. The van der Waals surface area contributed by atoms with Gasteiger partial charge in [0.1, 0.15) is 5.71 Å². The van der Waals surface area contributed by atoms with Crippen molar-refractivity contribution in [1.29, 1.82) is 0 Å². The highest BCUT2D eigenvalue weighted by atomic mass is 16.3. The van der Waals surface area contributed by atoms with Crippen molar-refractivity contribution in [3.8, 4) is 17.3 Å². The Morgan fingerprint density at radius 3 is 2.23 bits per heavy atom. The van der Waals surface area contributed by atoms with Gasteiger partial charge in [-0.15, -0.1) is 0 Å². The molecule has 0 aromatic carbocycles. The molecule has 106 valence electrons. The zero-order valence-electron chi connectivity index (χ0n) is 11.6. The van der Waals surface area contributed by atoms with E-state index in [1.807, 2.05) is 36.4 Å². The van der Waals surface area contributed by atoms with E-state index in [4.69, 9.17) is 0 Å². The molecule has 0 saturated heterocycles. The van der Waals surface area contributed by atoms with Crippen LogP contribution in [0.25, 0.3) is 17.1 Å². The van der Waals surface area contributed by atoms with E-state index in [1.165, 1.54) is 0 Å². The van der Waals surface area contributed by atoms with Gasteiger partial charge in [0.15, 0.2) is 5.88 Å². The van der Waals surface area contributed by atoms with Crippen molar-refractivity contribution in [3.05, 3.63) is 72.2 Å². The van der Waals surface area contributed by atoms with E-state index in [0.717, 1.165) is 11.3 Å². The first kappa shape index (κ1) is 12.5. The number of aromatic hydroxyl groups is 1. The third-order valence-corrected chi connectivity index (χ3v) is 3.58. The average Bonchev–Trinajstić information content (AvgIpc) is 3.09. The lowest BCUT2D eigenvalue weighted by atomic mass is 10.0. The van der Waals surface area contributed by atoms with Crippen LogP contribution in [0.2, 0.25) is 0 Å². The lowest BCUT2D eigenvalue weighted by Crippen LogP contribution is -2.02. The molecular weight excluding hydrogens is 276 g/mol. The molecule has 0 radical (unpaired) electrons. The number of fused-ring (bicyclic) bond motifs is 1. The molecule has 4 rings (SSSR count). The van der Waals surface area contributed by atoms with Crippen LogP contribution >= 0.6 is 0 Å². The molecule has 3 aromatic heterocycles. The number of pyridine rings is 2. The summed E-state index contributed by atoms with van der Waals surface area (Å²) in [5.41, 5.74) is 4.76. The molecule has 22 heavy (non-hydrogen) atoms. The SMILES string of the molecule is C=C1N=C(c2ccccn2)c2c(O)[nH]c(-c3ccccn3)c21. The number of hydrogen-bond donors (Lipinski definition) is 2. The molecule has 0 amide bonds. The smallest absolute Gasteiger partial charge is 0.199 e. The predicted octanol–water partition coefficient (Wildman–Crippen LogP) is 3.00. The first-order chi connectivity index (χ1) is 10.8. The zero-order valence-corrected chi connectivity index (χ0v) is 11.6. The van der Waals surface area contributed by atoms with Gasteiger partial charge >= 0.3 is 0 Å². The molecule has 1 aliphatic rings. The molecule has 0 saturated carbocycles. The number of aromatic amines is 1. The molecule has 3 aromatic rings. The fourth-order valence-corrected chi connectivity index (χ4v) is 2.64. The molecule has 0 spiro atoms. The summed E-state index contributed by atoms with van der Waals surface area (Å²) >= 11 is 0. The van der Waals surface area contributed by atoms with E-state index in [2.05, 4.69) is 26.5 Å². The monoisotopic (exact) mass is 288 g/mol. The second kappa shape index (κ2) is 4.66. The van der Waals surface area contributed by atoms with E-state index in [1.54, 1.807) is 12.4 Å². The van der Waals surface area contributed by atoms with Gasteiger partial charge in [0.25, 0.3) is 0 Å². The molecule has 5 nitrogen and oxygen atoms in total. The maximum Gasteiger partial charge on any atom is 0.199 e. The highest BCUT2D eigenvalue weighted by molar-refractivity contribution is 6.22. The van der Waals surface area contributed by atoms with Gasteiger partial charge in [-0.3, -0.25) is 9.97 Å². The lowest BCUT2D eigenvalue weighted by Gasteiger charge is -2.00. The average molecular weight is 288 g/mol. The van der Waals surface area contributed by atoms with Crippen LogP contribution < -0.4 is 0 Å². The van der Waals surface area contributed by atoms with E-state index in [9.17, 15) is 5.11 Å². The van der Waals surface area contributed by atoms with Crippen LogP contribution in [0, 0.1) is 0 Å². The molecule has 4 heterocycles. The summed E-state index contributed by atoms with van der Waals surface area (Å²) in [4.78, 5) is 16.1. The fraction of sp³-hybridized carbons (Fsp3) is 0. The Morgan fingerprint density at radius 1 is 0.909 bits per heavy atom. The highest BCUT2D eigenvalue weighted by Gasteiger charge is 2.30. The van der Waals surface area contributed by atoms with E-state index >= 15 is 0 Å². The van der Waals surface area contributed by atoms with E-state index in [-0.39, 0.29) is 5.88 Å². The zero-order chi connectivity index (χ0) is 15.1. The summed E-state index contributed by atoms with van der Waals surface area (Å²) in [5.74, 6) is 0.0544. The van der Waals surface area contributed by atoms with Gasteiger partial charge in [0.05, 0.1) is 28.3 Å². The number of H-pyrrole nitrogens is 1. The molecule has 0 aliphatic carbocycles. The first-order valence-corrected chi connectivity index (χ1v) is 6.82. The van der Waals surface area contributed by atoms with Crippen molar-refractivity contribution in [1.82, 2.24) is 15.0 Å². The molecule has 0 atom stereocenters. The van der Waals surface area contributed by atoms with Crippen molar-refractivity contribution in [2.24, 2.45) is 4.99 Å². The molecule has 2 N–H and O–H groups in total. The van der Waals surface area contributed by atoms with E-state index in [0.29, 0.717) is 28.4 Å². The molecule has 5 heteroatoms. The van der Waals surface area contributed by atoms with Crippen LogP contribution in [0.5, 0.6) is 5.88 Å². The van der Waals surface area contributed by atoms with Gasteiger partial charge in [-0.25, -0.2) is 4.99 Å². The largest absolute Gasteiger partial charge is 0.494 e. The third-order valence-electron chi connectivity index (χ3n) is 3.58. The summed E-state index contributed by atoms with van der Waals surface area (Å²) in [6, 6.07) is 11.2. The number of aromatic nitrogens is 3. The van der Waals surface area contributed by atoms with Crippen LogP contribution in [0.15, 0.2) is 60.4 Å². The lowest BCUT2D eigenvalue weighted by molar-refractivity contribution is 0.456. The van der Waals surface area contributed by atoms with Gasteiger partial charge in [0, 0.05) is 18.0 Å². The Bertz CT molecular complexity index is 895. The second-order valence-corrected chi connectivity index (χ2v) is 4.94. The summed E-state index contributed by atoms with van der Waals surface area (Å²) in [6.45, 7) is 4.00. The first-order valence-electron chi connectivity index (χ1n) is 6.82. The molecule has 0 fully saturated rings. The van der Waals surface area contributed by atoms with Gasteiger partial charge < -0.3 is 10.1 Å². The number of hydrogen-bond acceptors (Lipinski definition) is 4. The number of nitrogens with zero attached hydrogens (tertiary/aromatic N) is 3. The quantitative estimate of drug-likeness (QED) is 0.761. The highest BCUT2D eigenvalue weighted by Crippen LogP contribution is 2.41. The number of aliphatic imine (C=N–C) groups is 1. The minimum atomic E-state index is 0.0544. The standard InChI is InChI=1S/C17H12N4O/c1-10-13-14(16(20-10)12-7-3-5-9-19-12)17(22)21-15(13)11-6-2-4-8-18-11/h2-9,21-22H,1H2. The number of rotatable bonds is 2. The van der Waals surface area contributed by atoms with Crippen molar-refractivity contribution in [3.63, 3.8) is 0 Å². The van der Waals surface area contributed by atoms with Gasteiger partial charge in [-0.1, -0.05) is 18.7 Å². The minimum absolute atomic E-state index is 0.0544. The molecule has 0 bridgehead atoms. The Morgan fingerprint density at radius 2 is 1.59 bits per heavy atom. The van der Waals surface area contributed by atoms with Crippen LogP contribution in [-0.2, 0) is 0 Å². The van der Waals surface area contributed by atoms with Crippen LogP contribution in [0.3, 0.4) is 0 Å². The summed E-state index contributed by atoms with van der Waals surface area (Å²) < 4.78 is 0. The van der Waals surface area contributed by atoms with Crippen molar-refractivity contribution in [2.75, 3.05) is 0 Å².